The van der Waals surface area contributed by atoms with Crippen molar-refractivity contribution in [2.45, 2.75) is 56.4 Å². The molecule has 0 N–H and O–H groups in total. The molecule has 2 aromatic carbocycles. The van der Waals surface area contributed by atoms with Crippen LogP contribution >= 0.6 is 0 Å². The molecule has 35 heavy (non-hydrogen) atoms. The molecule has 3 atom stereocenters. The van der Waals surface area contributed by atoms with E-state index in [1.807, 2.05) is 24.3 Å². The Morgan fingerprint density at radius 3 is 2.31 bits per heavy atom. The average Bonchev–Trinajstić information content (AvgIpc) is 3.44. The molecule has 2 spiro atoms. The number of benzene rings is 2. The molecule has 4 aliphatic rings. The van der Waals surface area contributed by atoms with E-state index in [0.29, 0.717) is 24.2 Å². The van der Waals surface area contributed by atoms with Crippen molar-refractivity contribution in [2.24, 2.45) is 10.5 Å². The van der Waals surface area contributed by atoms with Gasteiger partial charge in [-0.2, -0.15) is 5.10 Å². The maximum atomic E-state index is 14.2. The van der Waals surface area contributed by atoms with Gasteiger partial charge in [-0.25, -0.2) is 0 Å². The molecule has 0 amide bonds. The van der Waals surface area contributed by atoms with E-state index < -0.39 is 41.1 Å². The number of carbonyl (C=O) groups excluding carboxylic acids is 3. The minimum Gasteiger partial charge on any atom is -0.497 e. The fraction of sp³-hybridized carbons (Fsp3) is 0.407. The number of fused-ring (bicyclic) bond motifs is 4. The van der Waals surface area contributed by atoms with Crippen molar-refractivity contribution in [3.63, 3.8) is 0 Å². The molecular formula is C27H26N2O6. The van der Waals surface area contributed by atoms with E-state index in [9.17, 15) is 14.4 Å². The van der Waals surface area contributed by atoms with E-state index in [1.165, 1.54) is 6.92 Å². The second-order valence-electron chi connectivity index (χ2n) is 9.73. The maximum absolute atomic E-state index is 14.2. The van der Waals surface area contributed by atoms with Crippen molar-refractivity contribution >= 4 is 23.9 Å². The summed E-state index contributed by atoms with van der Waals surface area (Å²) in [5.74, 6) is -2.96. The Kier molecular flexibility index (Phi) is 4.78. The van der Waals surface area contributed by atoms with Gasteiger partial charge in [-0.15, -0.1) is 0 Å². The summed E-state index contributed by atoms with van der Waals surface area (Å²) in [6, 6.07) is 12.9. The Balaban J connectivity index is 1.60. The van der Waals surface area contributed by atoms with Crippen LogP contribution in [0.15, 0.2) is 53.6 Å². The number of carbonyl (C=O) groups is 3. The molecule has 3 heterocycles. The number of ether oxygens (including phenoxy) is 3. The molecule has 1 saturated carbocycles. The highest BCUT2D eigenvalue weighted by Crippen LogP contribution is 2.63. The van der Waals surface area contributed by atoms with Crippen molar-refractivity contribution in [1.82, 2.24) is 5.01 Å². The molecule has 180 valence electrons. The molecule has 0 aromatic heterocycles. The van der Waals surface area contributed by atoms with Crippen LogP contribution in [0.1, 0.15) is 61.3 Å². The number of hydrogen-bond acceptors (Lipinski definition) is 8. The molecule has 1 unspecified atom stereocenters. The first-order chi connectivity index (χ1) is 16.9. The number of nitrogens with zero attached hydrogens (tertiary/aromatic N) is 2. The molecule has 1 aliphatic carbocycles. The number of methoxy groups -OCH3 is 1. The highest BCUT2D eigenvalue weighted by Gasteiger charge is 2.75. The van der Waals surface area contributed by atoms with E-state index >= 15 is 0 Å². The van der Waals surface area contributed by atoms with E-state index in [-0.39, 0.29) is 5.78 Å². The molecule has 8 heteroatoms. The maximum Gasteiger partial charge on any atom is 0.330 e. The van der Waals surface area contributed by atoms with Crippen LogP contribution in [-0.4, -0.2) is 47.9 Å². The number of rotatable bonds is 3. The first-order valence-corrected chi connectivity index (χ1v) is 11.9. The van der Waals surface area contributed by atoms with Crippen LogP contribution in [0, 0.1) is 5.41 Å². The van der Waals surface area contributed by atoms with Gasteiger partial charge in [0.05, 0.1) is 13.3 Å². The highest BCUT2D eigenvalue weighted by molar-refractivity contribution is 6.07. The largest absolute Gasteiger partial charge is 0.497 e. The summed E-state index contributed by atoms with van der Waals surface area (Å²) in [5, 5.41) is 6.21. The summed E-state index contributed by atoms with van der Waals surface area (Å²) in [7, 11) is 1.56. The normalized spacial score (nSPS) is 27.4. The van der Waals surface area contributed by atoms with Gasteiger partial charge < -0.3 is 14.2 Å². The predicted molar refractivity (Wildman–Crippen MR) is 125 cm³/mol. The Hall–Kier alpha value is -3.68. The number of hydrogen-bond donors (Lipinski definition) is 0. The van der Waals surface area contributed by atoms with Crippen molar-refractivity contribution in [3.05, 3.63) is 65.2 Å². The molecule has 0 radical (unpaired) electrons. The standard InChI is InChI=1S/C27H26N2O6/c1-16(30)22-21(17-9-11-19(33-2)12-10-17)27(23-20-8-4-3-7-18(20)15-28-29(22)23)24(31)34-26(35-25(27)32)13-5-6-14-26/h3-4,7-12,15,21-23H,5-6,13-14H2,1-2H3/t21-,22-,23?/m1/s1. The van der Waals surface area contributed by atoms with Crippen LogP contribution in [0.2, 0.25) is 0 Å². The summed E-state index contributed by atoms with van der Waals surface area (Å²) in [5.41, 5.74) is 0.366. The summed E-state index contributed by atoms with van der Waals surface area (Å²) in [6.07, 6.45) is 4.26. The second kappa shape index (κ2) is 7.66. The summed E-state index contributed by atoms with van der Waals surface area (Å²) in [4.78, 5) is 41.5. The second-order valence-corrected chi connectivity index (χ2v) is 9.73. The summed E-state index contributed by atoms with van der Waals surface area (Å²) < 4.78 is 17.4. The van der Waals surface area contributed by atoms with Gasteiger partial charge in [0.25, 0.3) is 5.79 Å². The zero-order valence-electron chi connectivity index (χ0n) is 19.6. The molecule has 6 rings (SSSR count). The third-order valence-electron chi connectivity index (χ3n) is 7.90. The Labute approximate surface area is 202 Å². The molecule has 3 fully saturated rings. The Morgan fingerprint density at radius 1 is 1.03 bits per heavy atom. The van der Waals surface area contributed by atoms with Crippen molar-refractivity contribution in [2.75, 3.05) is 7.11 Å². The zero-order valence-corrected chi connectivity index (χ0v) is 19.6. The van der Waals surface area contributed by atoms with Crippen molar-refractivity contribution in [1.29, 1.82) is 0 Å². The van der Waals surface area contributed by atoms with E-state index in [1.54, 1.807) is 42.6 Å². The van der Waals surface area contributed by atoms with Gasteiger partial charge in [-0.1, -0.05) is 36.4 Å². The minimum atomic E-state index is -1.80. The Bertz CT molecular complexity index is 1230. The quantitative estimate of drug-likeness (QED) is 0.496. The topological polar surface area (TPSA) is 94.5 Å². The molecule has 2 saturated heterocycles. The number of hydrazone groups is 1. The third-order valence-corrected chi connectivity index (χ3v) is 7.90. The molecule has 2 aromatic rings. The fourth-order valence-electron chi connectivity index (χ4n) is 6.36. The monoisotopic (exact) mass is 474 g/mol. The third kappa shape index (κ3) is 2.92. The van der Waals surface area contributed by atoms with Crippen LogP contribution in [0.5, 0.6) is 5.75 Å². The molecule has 0 bridgehead atoms. The first kappa shape index (κ1) is 21.8. The number of Topliss-reactive ketones (excluding diaryl/α,β-unsaturated/α-hetero) is 1. The lowest BCUT2D eigenvalue weighted by atomic mass is 9.65. The van der Waals surface area contributed by atoms with Crippen molar-refractivity contribution in [3.8, 4) is 5.75 Å². The van der Waals surface area contributed by atoms with E-state index in [2.05, 4.69) is 5.10 Å². The summed E-state index contributed by atoms with van der Waals surface area (Å²) in [6.45, 7) is 1.46. The lowest BCUT2D eigenvalue weighted by Crippen LogP contribution is -2.59. The van der Waals surface area contributed by atoms with Gasteiger partial charge >= 0.3 is 11.9 Å². The van der Waals surface area contributed by atoms with Gasteiger partial charge in [0.1, 0.15) is 17.8 Å². The van der Waals surface area contributed by atoms with Crippen LogP contribution in [-0.2, 0) is 23.9 Å². The molecule has 3 aliphatic heterocycles. The van der Waals surface area contributed by atoms with Crippen LogP contribution in [0.25, 0.3) is 0 Å². The predicted octanol–water partition coefficient (Wildman–Crippen LogP) is 3.50. The minimum absolute atomic E-state index is 0.203. The van der Waals surface area contributed by atoms with Crippen LogP contribution in [0.4, 0.5) is 0 Å². The molecular weight excluding hydrogens is 448 g/mol. The van der Waals surface area contributed by atoms with Gasteiger partial charge in [0, 0.05) is 18.8 Å². The van der Waals surface area contributed by atoms with Gasteiger partial charge in [-0.3, -0.25) is 19.4 Å². The van der Waals surface area contributed by atoms with Gasteiger partial charge in [-0.05, 0) is 48.6 Å². The average molecular weight is 475 g/mol. The SMILES string of the molecule is COc1ccc([C@@H]2[C@@H](C(C)=O)N3N=Cc4ccccc4C3C23C(=O)OC2(CCCC2)OC3=O)cc1. The lowest BCUT2D eigenvalue weighted by Gasteiger charge is -2.45. The number of ketones is 1. The smallest absolute Gasteiger partial charge is 0.330 e. The first-order valence-electron chi connectivity index (χ1n) is 11.9. The van der Waals surface area contributed by atoms with Crippen molar-refractivity contribution < 1.29 is 28.6 Å². The van der Waals surface area contributed by atoms with Crippen LogP contribution < -0.4 is 4.74 Å². The summed E-state index contributed by atoms with van der Waals surface area (Å²) >= 11 is 0. The fourth-order valence-corrected chi connectivity index (χ4v) is 6.36. The van der Waals surface area contributed by atoms with Crippen LogP contribution in [0.3, 0.4) is 0 Å². The Morgan fingerprint density at radius 2 is 1.69 bits per heavy atom. The molecule has 8 nitrogen and oxygen atoms in total. The zero-order chi connectivity index (χ0) is 24.4. The van der Waals surface area contributed by atoms with Gasteiger partial charge in [0.15, 0.2) is 5.78 Å². The van der Waals surface area contributed by atoms with E-state index in [4.69, 9.17) is 14.2 Å². The number of esters is 2. The lowest BCUT2D eigenvalue weighted by molar-refractivity contribution is -0.263. The van der Waals surface area contributed by atoms with E-state index in [0.717, 1.165) is 24.0 Å². The highest BCUT2D eigenvalue weighted by atomic mass is 16.7. The van der Waals surface area contributed by atoms with Gasteiger partial charge in [0.2, 0.25) is 5.41 Å².